The molecule has 316 valence electrons. The highest BCUT2D eigenvalue weighted by Gasteiger charge is 2.35. The zero-order chi connectivity index (χ0) is 100.0. The lowest BCUT2D eigenvalue weighted by Crippen LogP contribution is -2.22. The molecule has 0 saturated carbocycles. The van der Waals surface area contributed by atoms with Gasteiger partial charge in [0.05, 0.1) is 35.4 Å². The third-order valence-electron chi connectivity index (χ3n) is 5.25. The molecule has 0 rings (SSSR count). The SMILES string of the molecule is CC(CC(C)(C)C)CP(=O)([O-])CC(C)CC(C)(C)C.[2H]C([2H])([2H])C([2H])([2H])C([2H])([2H])C([2H])([2H])C([2H])([2H])C([2H])([2H])C([2H])([2H])C([2H])([2H])C([2H])([2H])C([2H])([2H])C([2H])([2H])C([2H])([2H])C([2H])([2H])C([2H])([2H])[P+](C([2H])([2H])C([2H])([2H])C([2H])([2H])C([2H])([2H])C([2H])([2H])C([2H])([2H])[2H])(C([2H])([2H])C([2H])([2H])C([2H])([2H])C([2H])([2H])C([2H])([2H])C([2H])([2H])[2H])C([2H])([2H])C([2H])([2H])C([2H])([2H])C([2H])([2H])C([2H])([2H])C([2H])([2H])[2H]. The molecule has 0 spiro atoms. The second-order valence-electron chi connectivity index (χ2n) is 13.0. The van der Waals surface area contributed by atoms with E-state index in [-0.39, 0.29) is 22.7 Å². The van der Waals surface area contributed by atoms with Crippen molar-refractivity contribution in [2.24, 2.45) is 22.7 Å². The van der Waals surface area contributed by atoms with Gasteiger partial charge in [-0.2, -0.15) is 0 Å². The zero-order valence-corrected chi connectivity index (χ0v) is 32.5. The van der Waals surface area contributed by atoms with E-state index in [1.807, 2.05) is 0 Å². The predicted octanol–water partition coefficient (Wildman–Crippen LogP) is 17.2. The van der Waals surface area contributed by atoms with Crippen LogP contribution < -0.4 is 4.89 Å². The first kappa shape index (κ1) is 9.96. The van der Waals surface area contributed by atoms with Gasteiger partial charge in [-0.3, -0.25) is 0 Å². The fourth-order valence-electron chi connectivity index (χ4n) is 4.36. The zero-order valence-electron chi connectivity index (χ0n) is 98.7. The summed E-state index contributed by atoms with van der Waals surface area (Å²) in [6.45, 7) is -1.82. The lowest BCUT2D eigenvalue weighted by atomic mass is 9.86. The van der Waals surface area contributed by atoms with Gasteiger partial charge in [0.15, 0.2) is 0 Å². The molecule has 2 nitrogen and oxygen atoms in total. The van der Waals surface area contributed by atoms with E-state index in [4.69, 9.17) is 79.5 Å². The normalized spacial score (nSPS) is 42.9. The summed E-state index contributed by atoms with van der Waals surface area (Å²) in [5.41, 5.74) is 0.410. The first-order chi connectivity index (χ1) is 50.2. The van der Waals surface area contributed by atoms with Crippen LogP contribution in [0.2, 0.25) is 0 Å². The fourth-order valence-corrected chi connectivity index (χ4v) is 7.90. The Balaban J connectivity index is 0. The monoisotopic (exact) mass is 841 g/mol. The highest BCUT2D eigenvalue weighted by atomic mass is 31.2. The van der Waals surface area contributed by atoms with Gasteiger partial charge in [0.25, 0.3) is 0 Å². The second kappa shape index (κ2) is 33.7. The Kier molecular flexibility index (Phi) is 6.46. The third-order valence-corrected chi connectivity index (χ3v) is 9.39. The van der Waals surface area contributed by atoms with Crippen LogP contribution in [0, 0.1) is 22.7 Å². The van der Waals surface area contributed by atoms with E-state index in [9.17, 15) is 23.2 Å². The van der Waals surface area contributed by atoms with Gasteiger partial charge in [0.2, 0.25) is 0 Å². The molecule has 0 saturated heterocycles. The van der Waals surface area contributed by atoms with Gasteiger partial charge in [0, 0.05) is 96.9 Å². The summed E-state index contributed by atoms with van der Waals surface area (Å²) < 4.78 is 591. The minimum Gasteiger partial charge on any atom is -0.799 e. The van der Waals surface area contributed by atoms with E-state index in [0.29, 0.717) is 12.3 Å². The van der Waals surface area contributed by atoms with Crippen molar-refractivity contribution in [3.05, 3.63) is 0 Å². The van der Waals surface area contributed by atoms with Crippen LogP contribution in [0.15, 0.2) is 0 Å². The Labute approximate surface area is 428 Å². The van der Waals surface area contributed by atoms with E-state index in [1.165, 1.54) is 0 Å². The minimum absolute atomic E-state index is 0.205. The summed E-state index contributed by atoms with van der Waals surface area (Å²) in [6.07, 6.45) is -166. The van der Waals surface area contributed by atoms with Gasteiger partial charge in [-0.05, 0) is 98.8 Å². The maximum Gasteiger partial charge on any atom is 0.0708 e. The van der Waals surface area contributed by atoms with Gasteiger partial charge in [-0.15, -0.1) is 0 Å². The molecule has 0 aromatic heterocycles. The van der Waals surface area contributed by atoms with Crippen molar-refractivity contribution in [3.63, 3.8) is 0 Å². The third kappa shape index (κ3) is 38.9. The molecule has 0 N–H and O–H groups in total. The molecular weight excluding hydrogens is 670 g/mol. The standard InChI is InChI=1S/C32H68P.C16H35O2P/c1-5-9-13-17-18-19-20-21-22-23-24-28-32-33(29-25-14-10-6-2,30-26-15-11-7-3)31-27-16-12-8-4;1-13(9-15(3,4)5)11-19(17,18)12-14(2)10-16(6,7)8/h5-32H2,1-4H3;13-14H,9-12H2,1-8H3,(H,17,18)/q+1;/p-1/i1D3,2D3,3D3,4D3,5D2,6D2,7D2,8D2,9D2,10D2,11D2,12D2,13D2,14D2,15D2,16D2,17D2,18D2,19D2,20D2,21D2,22D2,23D2,24D2,25D2,26D2,27D2,28D2,29D2,30D2,31D2,32D2;. The summed E-state index contributed by atoms with van der Waals surface area (Å²) in [4.78, 5) is 12.3. The smallest absolute Gasteiger partial charge is 0.0708 e. The van der Waals surface area contributed by atoms with E-state index in [0.717, 1.165) is 12.8 Å². The molecule has 0 aromatic rings. The van der Waals surface area contributed by atoms with Gasteiger partial charge in [-0.25, -0.2) is 0 Å². The first-order valence-corrected chi connectivity index (χ1v) is 19.2. The topological polar surface area (TPSA) is 40.1 Å². The van der Waals surface area contributed by atoms with Crippen molar-refractivity contribution in [1.29, 1.82) is 0 Å². The van der Waals surface area contributed by atoms with Gasteiger partial charge in [0.1, 0.15) is 0 Å². The van der Waals surface area contributed by atoms with Crippen molar-refractivity contribution in [3.8, 4) is 0 Å². The molecule has 0 aliphatic rings. The van der Waals surface area contributed by atoms with Crippen molar-refractivity contribution >= 4 is 14.6 Å². The summed E-state index contributed by atoms with van der Waals surface area (Å²) in [5, 5.41) is 0. The summed E-state index contributed by atoms with van der Waals surface area (Å²) in [5.74, 6) is 0.510. The van der Waals surface area contributed by atoms with Crippen molar-refractivity contribution < 1.29 is 103 Å². The lowest BCUT2D eigenvalue weighted by molar-refractivity contribution is -0.176. The fraction of sp³-hybridized carbons (Fsp3) is 1.00. The molecular formula is C48H102O2P2. The molecule has 0 amide bonds. The van der Waals surface area contributed by atoms with Crippen LogP contribution >= 0.6 is 14.6 Å². The summed E-state index contributed by atoms with van der Waals surface area (Å²) >= 11 is 0. The number of hydrogen-bond acceptors (Lipinski definition) is 2. The molecule has 0 aromatic carbocycles. The van der Waals surface area contributed by atoms with Crippen LogP contribution in [0.1, 0.15) is 342 Å². The molecule has 2 atom stereocenters. The highest BCUT2D eigenvalue weighted by Crippen LogP contribution is 2.61. The molecule has 2 unspecified atom stereocenters. The molecule has 0 bridgehead atoms. The molecule has 4 heteroatoms. The maximum absolute atomic E-state index is 12.3. The molecule has 0 aliphatic heterocycles. The Hall–Kier alpha value is 0.620. The quantitative estimate of drug-likeness (QED) is 0.0606. The first-order valence-electron chi connectivity index (χ1n) is 49.4. The number of rotatable bonds is 34. The van der Waals surface area contributed by atoms with Crippen LogP contribution in [-0.2, 0) is 4.57 Å². The van der Waals surface area contributed by atoms with Crippen LogP contribution in [0.4, 0.5) is 0 Å². The van der Waals surface area contributed by atoms with E-state index in [1.54, 1.807) is 0 Å². The average Bonchev–Trinajstić information content (AvgIpc) is 0.630. The van der Waals surface area contributed by atoms with Crippen molar-refractivity contribution in [1.82, 2.24) is 0 Å². The van der Waals surface area contributed by atoms with Gasteiger partial charge in [-0.1, -0.05) is 185 Å². The van der Waals surface area contributed by atoms with Crippen molar-refractivity contribution in [2.75, 3.05) is 36.8 Å². The largest absolute Gasteiger partial charge is 0.799 e. The summed E-state index contributed by atoms with van der Waals surface area (Å²) in [6, 6.07) is 0. The van der Waals surface area contributed by atoms with E-state index in [2.05, 4.69) is 55.4 Å². The summed E-state index contributed by atoms with van der Waals surface area (Å²) in [7, 11) is -13.4. The Morgan fingerprint density at radius 1 is 0.481 bits per heavy atom. The Bertz CT molecular complexity index is 3370. The number of hydrogen-bond donors (Lipinski definition) is 0. The minimum atomic E-state index is -10.1. The highest BCUT2D eigenvalue weighted by molar-refractivity contribution is 7.75. The predicted molar refractivity (Wildman–Crippen MR) is 244 cm³/mol. The second-order valence-corrected chi connectivity index (χ2v) is 17.6. The van der Waals surface area contributed by atoms with Crippen molar-refractivity contribution in [2.45, 2.75) is 249 Å². The maximum atomic E-state index is 12.3. The van der Waals surface area contributed by atoms with E-state index < -0.39 is 219 Å². The van der Waals surface area contributed by atoms with Crippen LogP contribution in [0.5, 0.6) is 0 Å². The molecule has 0 heterocycles. The van der Waals surface area contributed by atoms with Gasteiger partial charge < -0.3 is 9.46 Å². The molecule has 0 aliphatic carbocycles. The molecule has 0 fully saturated rings. The molecule has 0 radical (unpaired) electrons. The van der Waals surface area contributed by atoms with Crippen LogP contribution in [0.3, 0.4) is 0 Å². The van der Waals surface area contributed by atoms with E-state index >= 15 is 0 Å². The molecule has 52 heavy (non-hydrogen) atoms. The van der Waals surface area contributed by atoms with Crippen LogP contribution in [0.25, 0.3) is 0 Å². The Morgan fingerprint density at radius 3 is 0.962 bits per heavy atom. The Morgan fingerprint density at radius 2 is 0.712 bits per heavy atom. The average molecular weight is 842 g/mol. The van der Waals surface area contributed by atoms with Gasteiger partial charge >= 0.3 is 0 Å². The lowest BCUT2D eigenvalue weighted by Gasteiger charge is -2.33. The van der Waals surface area contributed by atoms with Crippen LogP contribution in [-0.4, -0.2) is 36.8 Å².